The van der Waals surface area contributed by atoms with E-state index in [0.717, 1.165) is 18.6 Å². The monoisotopic (exact) mass is 336 g/mol. The molecule has 0 radical (unpaired) electrons. The third-order valence-corrected chi connectivity index (χ3v) is 4.95. The first-order valence-electron chi connectivity index (χ1n) is 3.87. The van der Waals surface area contributed by atoms with Crippen LogP contribution in [0.5, 0.6) is 0 Å². The van der Waals surface area contributed by atoms with E-state index in [2.05, 4.69) is 35.2 Å². The van der Waals surface area contributed by atoms with Gasteiger partial charge in [-0.2, -0.15) is 0 Å². The topological polar surface area (TPSA) is 40.5 Å². The van der Waals surface area contributed by atoms with Crippen LogP contribution in [0.3, 0.4) is 0 Å². The van der Waals surface area contributed by atoms with E-state index in [1.807, 2.05) is 18.2 Å². The Morgan fingerprint density at radius 1 is 1.36 bits per heavy atom. The smallest absolute Gasteiger partial charge is 0.423 e. The van der Waals surface area contributed by atoms with E-state index in [9.17, 15) is 0 Å². The molecule has 0 amide bonds. The molecule has 0 spiro atoms. The first-order chi connectivity index (χ1) is 6.61. The molecule has 0 saturated carbocycles. The van der Waals surface area contributed by atoms with Crippen LogP contribution in [0.4, 0.5) is 0 Å². The van der Waals surface area contributed by atoms with E-state index < -0.39 is 7.12 Å². The maximum absolute atomic E-state index is 9.13. The Morgan fingerprint density at radius 2 is 2.07 bits per heavy atom. The molecular formula is C8H6BIO2S2. The van der Waals surface area contributed by atoms with E-state index in [1.165, 1.54) is 11.3 Å². The molecule has 1 aromatic carbocycles. The molecule has 14 heavy (non-hydrogen) atoms. The average Bonchev–Trinajstić information content (AvgIpc) is 2.45. The van der Waals surface area contributed by atoms with Gasteiger partial charge >= 0.3 is 7.12 Å². The summed E-state index contributed by atoms with van der Waals surface area (Å²) in [5.41, 5.74) is 0. The SMILES string of the molecule is OB(O)c1sc2cccc(S)c2c1I. The van der Waals surface area contributed by atoms with Gasteiger partial charge in [0.15, 0.2) is 0 Å². The number of thiophene rings is 1. The van der Waals surface area contributed by atoms with Crippen LogP contribution >= 0.6 is 46.6 Å². The summed E-state index contributed by atoms with van der Waals surface area (Å²) in [5, 5.41) is 19.3. The number of thiol groups is 1. The minimum Gasteiger partial charge on any atom is -0.423 e. The lowest BCUT2D eigenvalue weighted by Gasteiger charge is -1.96. The van der Waals surface area contributed by atoms with Crippen molar-refractivity contribution in [1.29, 1.82) is 0 Å². The summed E-state index contributed by atoms with van der Waals surface area (Å²) in [5.74, 6) is 0. The van der Waals surface area contributed by atoms with Crippen molar-refractivity contribution in [3.63, 3.8) is 0 Å². The highest BCUT2D eigenvalue weighted by atomic mass is 127. The molecule has 2 nitrogen and oxygen atoms in total. The summed E-state index contributed by atoms with van der Waals surface area (Å²) in [6, 6.07) is 5.76. The molecule has 2 N–H and O–H groups in total. The fourth-order valence-corrected chi connectivity index (χ4v) is 4.25. The van der Waals surface area contributed by atoms with E-state index in [4.69, 9.17) is 10.0 Å². The number of benzene rings is 1. The third-order valence-electron chi connectivity index (χ3n) is 1.89. The van der Waals surface area contributed by atoms with Gasteiger partial charge < -0.3 is 10.0 Å². The zero-order chi connectivity index (χ0) is 10.3. The summed E-state index contributed by atoms with van der Waals surface area (Å²) in [6.07, 6.45) is 0. The van der Waals surface area contributed by atoms with Crippen molar-refractivity contribution < 1.29 is 10.0 Å². The van der Waals surface area contributed by atoms with Gasteiger partial charge in [0.25, 0.3) is 0 Å². The Morgan fingerprint density at radius 3 is 2.64 bits per heavy atom. The highest BCUT2D eigenvalue weighted by Gasteiger charge is 2.21. The second-order valence-electron chi connectivity index (χ2n) is 2.80. The van der Waals surface area contributed by atoms with Gasteiger partial charge in [0.05, 0.1) is 0 Å². The lowest BCUT2D eigenvalue weighted by atomic mass is 9.89. The molecule has 0 aliphatic heterocycles. The van der Waals surface area contributed by atoms with Crippen LogP contribution < -0.4 is 4.78 Å². The summed E-state index contributed by atoms with van der Waals surface area (Å²) in [4.78, 5) is 0.870. The minimum atomic E-state index is -1.40. The van der Waals surface area contributed by atoms with Gasteiger partial charge in [-0.15, -0.1) is 24.0 Å². The Labute approximate surface area is 105 Å². The zero-order valence-electron chi connectivity index (χ0n) is 6.94. The third kappa shape index (κ3) is 1.69. The molecular weight excluding hydrogens is 330 g/mol. The predicted octanol–water partition coefficient (Wildman–Crippen LogP) is 1.47. The van der Waals surface area contributed by atoms with Gasteiger partial charge in [-0.1, -0.05) is 6.07 Å². The molecule has 0 unspecified atom stereocenters. The summed E-state index contributed by atoms with van der Waals surface area (Å²) in [7, 11) is -1.40. The van der Waals surface area contributed by atoms with E-state index in [0.29, 0.717) is 4.78 Å². The van der Waals surface area contributed by atoms with Gasteiger partial charge in [0.1, 0.15) is 0 Å². The second kappa shape index (κ2) is 4.01. The van der Waals surface area contributed by atoms with Crippen molar-refractivity contribution in [1.82, 2.24) is 0 Å². The Hall–Kier alpha value is 0.245. The molecule has 2 rings (SSSR count). The van der Waals surface area contributed by atoms with Crippen LogP contribution in [0.1, 0.15) is 0 Å². The summed E-state index contributed by atoms with van der Waals surface area (Å²) in [6.45, 7) is 0. The molecule has 0 saturated heterocycles. The van der Waals surface area contributed by atoms with Crippen molar-refractivity contribution in [3.05, 3.63) is 21.8 Å². The molecule has 0 bridgehead atoms. The molecule has 0 fully saturated rings. The highest BCUT2D eigenvalue weighted by molar-refractivity contribution is 14.1. The Bertz CT molecular complexity index is 483. The lowest BCUT2D eigenvalue weighted by molar-refractivity contribution is 0.426. The maximum atomic E-state index is 9.13. The number of hydrogen-bond acceptors (Lipinski definition) is 4. The van der Waals surface area contributed by atoms with Gasteiger partial charge in [-0.25, -0.2) is 0 Å². The van der Waals surface area contributed by atoms with Gasteiger partial charge in [0.2, 0.25) is 0 Å². The van der Waals surface area contributed by atoms with Gasteiger partial charge in [0, 0.05) is 23.3 Å². The van der Waals surface area contributed by atoms with Gasteiger partial charge in [-0.3, -0.25) is 0 Å². The standard InChI is InChI=1S/C8H6BIO2S2/c10-7-6-4(13)2-1-3-5(6)14-8(7)9(11)12/h1-3,11-13H. The molecule has 0 aliphatic rings. The second-order valence-corrected chi connectivity index (χ2v) is 5.45. The van der Waals surface area contributed by atoms with Crippen LogP contribution in [0, 0.1) is 3.57 Å². The van der Waals surface area contributed by atoms with E-state index in [-0.39, 0.29) is 0 Å². The highest BCUT2D eigenvalue weighted by Crippen LogP contribution is 2.30. The van der Waals surface area contributed by atoms with Crippen molar-refractivity contribution in [2.75, 3.05) is 0 Å². The number of hydrogen-bond donors (Lipinski definition) is 3. The van der Waals surface area contributed by atoms with Crippen LogP contribution in [-0.4, -0.2) is 17.2 Å². The van der Waals surface area contributed by atoms with Crippen molar-refractivity contribution >= 4 is 68.5 Å². The fourth-order valence-electron chi connectivity index (χ4n) is 1.28. The minimum absolute atomic E-state index is 0.585. The molecule has 72 valence electrons. The Kier molecular flexibility index (Phi) is 3.08. The van der Waals surface area contributed by atoms with Crippen molar-refractivity contribution in [3.8, 4) is 0 Å². The number of halogens is 1. The van der Waals surface area contributed by atoms with E-state index in [1.54, 1.807) is 0 Å². The quantitative estimate of drug-likeness (QED) is 0.419. The molecule has 1 heterocycles. The molecule has 1 aromatic heterocycles. The largest absolute Gasteiger partial charge is 0.500 e. The van der Waals surface area contributed by atoms with Crippen molar-refractivity contribution in [2.24, 2.45) is 0 Å². The molecule has 2 aromatic rings. The fraction of sp³-hybridized carbons (Fsp3) is 0. The number of rotatable bonds is 1. The lowest BCUT2D eigenvalue weighted by Crippen LogP contribution is -2.28. The van der Waals surface area contributed by atoms with Crippen LogP contribution in [0.2, 0.25) is 0 Å². The summed E-state index contributed by atoms with van der Waals surface area (Å²) >= 11 is 7.85. The maximum Gasteiger partial charge on any atom is 0.500 e. The Balaban J connectivity index is 2.81. The first-order valence-corrected chi connectivity index (χ1v) is 6.21. The zero-order valence-corrected chi connectivity index (χ0v) is 10.8. The average molecular weight is 336 g/mol. The first kappa shape index (κ1) is 10.8. The predicted molar refractivity (Wildman–Crippen MR) is 71.6 cm³/mol. The van der Waals surface area contributed by atoms with Crippen LogP contribution in [0.25, 0.3) is 10.1 Å². The number of fused-ring (bicyclic) bond motifs is 1. The molecule has 0 aliphatic carbocycles. The van der Waals surface area contributed by atoms with E-state index >= 15 is 0 Å². The normalized spacial score (nSPS) is 10.9. The molecule has 6 heteroatoms. The van der Waals surface area contributed by atoms with Crippen LogP contribution in [-0.2, 0) is 0 Å². The van der Waals surface area contributed by atoms with Gasteiger partial charge in [-0.05, 0) is 34.7 Å². The van der Waals surface area contributed by atoms with Crippen molar-refractivity contribution in [2.45, 2.75) is 4.90 Å². The van der Waals surface area contributed by atoms with Crippen LogP contribution in [0.15, 0.2) is 23.1 Å². The molecule has 0 atom stereocenters. The summed E-state index contributed by atoms with van der Waals surface area (Å²) < 4.78 is 2.50.